The minimum atomic E-state index is 0.472. The molecule has 2 unspecified atom stereocenters. The first-order valence-electron chi connectivity index (χ1n) is 5.85. The lowest BCUT2D eigenvalue weighted by molar-refractivity contribution is 0.0520. The Labute approximate surface area is 86.2 Å². The van der Waals surface area contributed by atoms with E-state index in [1.165, 1.54) is 25.7 Å². The zero-order valence-corrected chi connectivity index (χ0v) is 8.84. The maximum atomic E-state index is 5.55. The van der Waals surface area contributed by atoms with E-state index < -0.39 is 0 Å². The van der Waals surface area contributed by atoms with Crippen LogP contribution < -0.4 is 5.32 Å². The van der Waals surface area contributed by atoms with Gasteiger partial charge in [-0.1, -0.05) is 0 Å². The van der Waals surface area contributed by atoms with Crippen molar-refractivity contribution >= 4 is 0 Å². The van der Waals surface area contributed by atoms with Gasteiger partial charge in [-0.05, 0) is 31.6 Å². The quantitative estimate of drug-likeness (QED) is 0.737. The van der Waals surface area contributed by atoms with Crippen molar-refractivity contribution < 1.29 is 9.47 Å². The van der Waals surface area contributed by atoms with Crippen molar-refractivity contribution in [2.45, 2.75) is 31.8 Å². The van der Waals surface area contributed by atoms with Crippen molar-refractivity contribution in [3.63, 3.8) is 0 Å². The molecule has 2 heterocycles. The summed E-state index contributed by atoms with van der Waals surface area (Å²) in [6.07, 6.45) is 5.48. The van der Waals surface area contributed by atoms with Crippen LogP contribution >= 0.6 is 0 Å². The molecule has 0 aromatic heterocycles. The highest BCUT2D eigenvalue weighted by molar-refractivity contribution is 4.70. The molecular weight excluding hydrogens is 178 g/mol. The van der Waals surface area contributed by atoms with Crippen LogP contribution in [0.3, 0.4) is 0 Å². The zero-order chi connectivity index (χ0) is 9.64. The number of hydrogen-bond donors (Lipinski definition) is 1. The summed E-state index contributed by atoms with van der Waals surface area (Å²) < 4.78 is 11.0. The first-order chi connectivity index (χ1) is 6.95. The van der Waals surface area contributed by atoms with Crippen molar-refractivity contribution in [1.82, 2.24) is 5.32 Å². The van der Waals surface area contributed by atoms with Gasteiger partial charge in [-0.3, -0.25) is 0 Å². The fourth-order valence-electron chi connectivity index (χ4n) is 2.22. The van der Waals surface area contributed by atoms with Crippen LogP contribution in [0.2, 0.25) is 0 Å². The summed E-state index contributed by atoms with van der Waals surface area (Å²) in [7, 11) is 0. The second-order valence-electron chi connectivity index (χ2n) is 4.38. The molecule has 2 rings (SSSR count). The molecule has 2 saturated heterocycles. The maximum Gasteiger partial charge on any atom is 0.0700 e. The molecule has 3 heteroatoms. The summed E-state index contributed by atoms with van der Waals surface area (Å²) in [5.74, 6) is 0.727. The standard InChI is InChI=1S/C11H21NO2/c1-3-10(9-13-5-1)7-12-8-11-4-2-6-14-11/h10-12H,1-9H2. The van der Waals surface area contributed by atoms with E-state index in [1.807, 2.05) is 0 Å². The number of nitrogens with one attached hydrogen (secondary N) is 1. The molecule has 0 aromatic carbocycles. The van der Waals surface area contributed by atoms with Gasteiger partial charge >= 0.3 is 0 Å². The average molecular weight is 199 g/mol. The Morgan fingerprint density at radius 1 is 1.07 bits per heavy atom. The molecule has 82 valence electrons. The van der Waals surface area contributed by atoms with Crippen molar-refractivity contribution in [1.29, 1.82) is 0 Å². The van der Waals surface area contributed by atoms with Crippen LogP contribution in [0.5, 0.6) is 0 Å². The van der Waals surface area contributed by atoms with Gasteiger partial charge < -0.3 is 14.8 Å². The Morgan fingerprint density at radius 3 is 2.71 bits per heavy atom. The summed E-state index contributed by atoms with van der Waals surface area (Å²) in [6.45, 7) is 4.98. The second-order valence-corrected chi connectivity index (χ2v) is 4.38. The molecule has 2 aliphatic heterocycles. The van der Waals surface area contributed by atoms with Crippen molar-refractivity contribution in [3.8, 4) is 0 Å². The molecule has 0 aliphatic carbocycles. The molecule has 0 bridgehead atoms. The summed E-state index contributed by atoms with van der Waals surface area (Å²) in [6, 6.07) is 0. The van der Waals surface area contributed by atoms with Gasteiger partial charge in [-0.2, -0.15) is 0 Å². The van der Waals surface area contributed by atoms with Crippen LogP contribution in [-0.2, 0) is 9.47 Å². The first-order valence-corrected chi connectivity index (χ1v) is 5.85. The molecule has 0 saturated carbocycles. The molecule has 0 radical (unpaired) electrons. The normalized spacial score (nSPS) is 33.4. The topological polar surface area (TPSA) is 30.5 Å². The van der Waals surface area contributed by atoms with Crippen LogP contribution in [0.4, 0.5) is 0 Å². The van der Waals surface area contributed by atoms with Crippen LogP contribution in [0.1, 0.15) is 25.7 Å². The number of ether oxygens (including phenoxy) is 2. The predicted octanol–water partition coefficient (Wildman–Crippen LogP) is 1.18. The van der Waals surface area contributed by atoms with Crippen LogP contribution in [-0.4, -0.2) is 39.0 Å². The molecule has 3 nitrogen and oxygen atoms in total. The Balaban J connectivity index is 1.52. The summed E-state index contributed by atoms with van der Waals surface area (Å²) >= 11 is 0. The smallest absolute Gasteiger partial charge is 0.0700 e. The fraction of sp³-hybridized carbons (Fsp3) is 1.00. The first kappa shape index (κ1) is 10.4. The van der Waals surface area contributed by atoms with Gasteiger partial charge in [0, 0.05) is 26.3 Å². The minimum Gasteiger partial charge on any atom is -0.381 e. The number of rotatable bonds is 4. The largest absolute Gasteiger partial charge is 0.381 e. The molecule has 1 N–H and O–H groups in total. The predicted molar refractivity (Wildman–Crippen MR) is 55.4 cm³/mol. The van der Waals surface area contributed by atoms with Crippen molar-refractivity contribution in [2.75, 3.05) is 32.9 Å². The molecule has 2 aliphatic rings. The van der Waals surface area contributed by atoms with Gasteiger partial charge in [0.1, 0.15) is 0 Å². The molecule has 14 heavy (non-hydrogen) atoms. The van der Waals surface area contributed by atoms with E-state index in [0.29, 0.717) is 6.10 Å². The van der Waals surface area contributed by atoms with Crippen LogP contribution in [0.15, 0.2) is 0 Å². The lowest BCUT2D eigenvalue weighted by atomic mass is 10.0. The molecule has 2 atom stereocenters. The van der Waals surface area contributed by atoms with Gasteiger partial charge in [0.25, 0.3) is 0 Å². The van der Waals surface area contributed by atoms with E-state index in [9.17, 15) is 0 Å². The van der Waals surface area contributed by atoms with E-state index in [1.54, 1.807) is 0 Å². The molecule has 0 spiro atoms. The Morgan fingerprint density at radius 2 is 2.00 bits per heavy atom. The lowest BCUT2D eigenvalue weighted by Gasteiger charge is -2.22. The Kier molecular flexibility index (Phi) is 4.22. The average Bonchev–Trinajstić information content (AvgIpc) is 2.72. The minimum absolute atomic E-state index is 0.472. The second kappa shape index (κ2) is 5.69. The van der Waals surface area contributed by atoms with E-state index >= 15 is 0 Å². The van der Waals surface area contributed by atoms with Crippen molar-refractivity contribution in [3.05, 3.63) is 0 Å². The number of hydrogen-bond acceptors (Lipinski definition) is 3. The van der Waals surface area contributed by atoms with Gasteiger partial charge in [0.15, 0.2) is 0 Å². The maximum absolute atomic E-state index is 5.55. The Hall–Kier alpha value is -0.120. The van der Waals surface area contributed by atoms with Gasteiger partial charge in [-0.25, -0.2) is 0 Å². The summed E-state index contributed by atoms with van der Waals surface area (Å²) in [4.78, 5) is 0. The van der Waals surface area contributed by atoms with E-state index in [2.05, 4.69) is 5.32 Å². The molecule has 0 amide bonds. The van der Waals surface area contributed by atoms with E-state index in [0.717, 1.165) is 38.8 Å². The van der Waals surface area contributed by atoms with Gasteiger partial charge in [0.05, 0.1) is 12.7 Å². The highest BCUT2D eigenvalue weighted by Gasteiger charge is 2.17. The Bertz CT molecular complexity index is 151. The molecular formula is C11H21NO2. The van der Waals surface area contributed by atoms with Gasteiger partial charge in [-0.15, -0.1) is 0 Å². The van der Waals surface area contributed by atoms with Gasteiger partial charge in [0.2, 0.25) is 0 Å². The SMILES string of the molecule is C1COCC(CNCC2CCCO2)C1. The molecule has 2 fully saturated rings. The molecule has 0 aromatic rings. The summed E-state index contributed by atoms with van der Waals surface area (Å²) in [5, 5.41) is 3.49. The van der Waals surface area contributed by atoms with E-state index in [-0.39, 0.29) is 0 Å². The third-order valence-corrected chi connectivity index (χ3v) is 3.08. The summed E-state index contributed by atoms with van der Waals surface area (Å²) in [5.41, 5.74) is 0. The highest BCUT2D eigenvalue weighted by atomic mass is 16.5. The zero-order valence-electron chi connectivity index (χ0n) is 8.84. The third kappa shape index (κ3) is 3.23. The van der Waals surface area contributed by atoms with Crippen molar-refractivity contribution in [2.24, 2.45) is 5.92 Å². The van der Waals surface area contributed by atoms with Crippen LogP contribution in [0.25, 0.3) is 0 Å². The van der Waals surface area contributed by atoms with Crippen LogP contribution in [0, 0.1) is 5.92 Å². The fourth-order valence-corrected chi connectivity index (χ4v) is 2.22. The lowest BCUT2D eigenvalue weighted by Crippen LogP contribution is -2.33. The highest BCUT2D eigenvalue weighted by Crippen LogP contribution is 2.13. The monoisotopic (exact) mass is 199 g/mol. The third-order valence-electron chi connectivity index (χ3n) is 3.08. The van der Waals surface area contributed by atoms with E-state index in [4.69, 9.17) is 9.47 Å².